The first-order valence-corrected chi connectivity index (χ1v) is 17.0. The smallest absolute Gasteiger partial charge is 0.298 e. The van der Waals surface area contributed by atoms with Crippen LogP contribution in [0.5, 0.6) is 11.5 Å². The lowest BCUT2D eigenvalue weighted by atomic mass is 9.97. The Hall–Kier alpha value is -2.88. The van der Waals surface area contributed by atoms with Gasteiger partial charge in [-0.2, -0.15) is 8.78 Å². The number of hydrogen-bond donors (Lipinski definition) is 2. The lowest BCUT2D eigenvalue weighted by Gasteiger charge is -2.35. The van der Waals surface area contributed by atoms with E-state index in [0.717, 1.165) is 71.9 Å². The SMILES string of the molecule is NC1CCN(C(=O)C(NSc2ccc3cc(OC4CCCC4)ccc3c2)C(F)(F)c2ccc(OC3CCCCC3)cc2)CC1. The third kappa shape index (κ3) is 7.49. The third-order valence-corrected chi connectivity index (χ3v) is 10.1. The van der Waals surface area contributed by atoms with Crippen molar-refractivity contribution in [3.05, 3.63) is 66.2 Å². The van der Waals surface area contributed by atoms with E-state index in [0.29, 0.717) is 31.7 Å². The van der Waals surface area contributed by atoms with E-state index in [1.165, 1.54) is 36.3 Å². The zero-order chi connectivity index (χ0) is 30.5. The third-order valence-electron chi connectivity index (χ3n) is 9.24. The second kappa shape index (κ2) is 14.0. The van der Waals surface area contributed by atoms with Crippen molar-refractivity contribution in [2.24, 2.45) is 5.73 Å². The zero-order valence-electron chi connectivity index (χ0n) is 25.2. The van der Waals surface area contributed by atoms with Gasteiger partial charge in [0.25, 0.3) is 5.92 Å². The second-order valence-corrected chi connectivity index (χ2v) is 13.4. The zero-order valence-corrected chi connectivity index (χ0v) is 26.0. The average Bonchev–Trinajstić information content (AvgIpc) is 3.55. The van der Waals surface area contributed by atoms with E-state index >= 15 is 8.78 Å². The van der Waals surface area contributed by atoms with Crippen LogP contribution in [0.3, 0.4) is 0 Å². The molecule has 0 aromatic heterocycles. The molecule has 1 heterocycles. The molecule has 1 atom stereocenters. The maximum Gasteiger partial charge on any atom is 0.298 e. The van der Waals surface area contributed by atoms with Crippen LogP contribution in [-0.4, -0.2) is 48.2 Å². The number of ether oxygens (including phenoxy) is 2. The first kappa shape index (κ1) is 31.1. The van der Waals surface area contributed by atoms with Crippen molar-refractivity contribution in [1.29, 1.82) is 0 Å². The molecule has 1 amide bonds. The Morgan fingerprint density at radius 3 is 2.05 bits per heavy atom. The molecule has 1 unspecified atom stereocenters. The fourth-order valence-corrected chi connectivity index (χ4v) is 7.37. The summed E-state index contributed by atoms with van der Waals surface area (Å²) in [6, 6.07) is 16.0. The molecule has 1 aliphatic heterocycles. The molecular formula is C35H43F2N3O3S. The monoisotopic (exact) mass is 623 g/mol. The number of carbonyl (C=O) groups is 1. The van der Waals surface area contributed by atoms with Crippen molar-refractivity contribution in [3.63, 3.8) is 0 Å². The molecule has 44 heavy (non-hydrogen) atoms. The minimum Gasteiger partial charge on any atom is -0.490 e. The van der Waals surface area contributed by atoms with Crippen LogP contribution >= 0.6 is 11.9 Å². The molecule has 3 aromatic rings. The van der Waals surface area contributed by atoms with Gasteiger partial charge in [-0.3, -0.25) is 4.79 Å². The molecule has 3 aromatic carbocycles. The van der Waals surface area contributed by atoms with E-state index in [9.17, 15) is 4.79 Å². The Labute approximate surface area is 263 Å². The topological polar surface area (TPSA) is 76.8 Å². The summed E-state index contributed by atoms with van der Waals surface area (Å²) in [4.78, 5) is 15.9. The predicted octanol–water partition coefficient (Wildman–Crippen LogP) is 7.58. The predicted molar refractivity (Wildman–Crippen MR) is 171 cm³/mol. The van der Waals surface area contributed by atoms with Gasteiger partial charge in [0.15, 0.2) is 6.04 Å². The summed E-state index contributed by atoms with van der Waals surface area (Å²) in [5.41, 5.74) is 5.82. The van der Waals surface area contributed by atoms with Crippen molar-refractivity contribution in [3.8, 4) is 11.5 Å². The average molecular weight is 624 g/mol. The summed E-state index contributed by atoms with van der Waals surface area (Å²) in [6.07, 6.45) is 11.6. The van der Waals surface area contributed by atoms with Gasteiger partial charge in [-0.1, -0.05) is 18.6 Å². The van der Waals surface area contributed by atoms with Crippen LogP contribution in [0.1, 0.15) is 76.2 Å². The fourth-order valence-electron chi connectivity index (χ4n) is 6.54. The number of rotatable bonds is 10. The van der Waals surface area contributed by atoms with E-state index in [-0.39, 0.29) is 23.8 Å². The number of fused-ring (bicyclic) bond motifs is 1. The van der Waals surface area contributed by atoms with Gasteiger partial charge in [0.1, 0.15) is 11.5 Å². The fraction of sp³-hybridized carbons (Fsp3) is 0.514. The van der Waals surface area contributed by atoms with Gasteiger partial charge in [-0.25, -0.2) is 4.72 Å². The molecule has 9 heteroatoms. The number of alkyl halides is 2. The van der Waals surface area contributed by atoms with Crippen molar-refractivity contribution >= 4 is 28.6 Å². The van der Waals surface area contributed by atoms with E-state index in [2.05, 4.69) is 4.72 Å². The van der Waals surface area contributed by atoms with E-state index in [1.807, 2.05) is 36.4 Å². The molecule has 3 fully saturated rings. The highest BCUT2D eigenvalue weighted by atomic mass is 32.2. The van der Waals surface area contributed by atoms with Gasteiger partial charge in [0.05, 0.1) is 12.2 Å². The van der Waals surface area contributed by atoms with E-state index in [4.69, 9.17) is 15.2 Å². The maximum absolute atomic E-state index is 16.3. The molecule has 2 aliphatic carbocycles. The quantitative estimate of drug-likeness (QED) is 0.227. The number of halogens is 2. The summed E-state index contributed by atoms with van der Waals surface area (Å²) < 4.78 is 47.6. The Morgan fingerprint density at radius 2 is 1.36 bits per heavy atom. The van der Waals surface area contributed by atoms with Gasteiger partial charge < -0.3 is 20.1 Å². The van der Waals surface area contributed by atoms with Gasteiger partial charge in [-0.05, 0) is 135 Å². The molecule has 6 nitrogen and oxygen atoms in total. The number of carbonyl (C=O) groups excluding carboxylic acids is 1. The number of benzene rings is 3. The first-order chi connectivity index (χ1) is 21.3. The Bertz CT molecular complexity index is 1400. The summed E-state index contributed by atoms with van der Waals surface area (Å²) >= 11 is 1.06. The lowest BCUT2D eigenvalue weighted by molar-refractivity contribution is -0.145. The normalized spacial score (nSPS) is 19.8. The summed E-state index contributed by atoms with van der Waals surface area (Å²) in [5.74, 6) is -2.65. The van der Waals surface area contributed by atoms with Gasteiger partial charge >= 0.3 is 0 Å². The van der Waals surface area contributed by atoms with Crippen LogP contribution in [0.25, 0.3) is 10.8 Å². The molecule has 0 bridgehead atoms. The number of piperidine rings is 1. The summed E-state index contributed by atoms with van der Waals surface area (Å²) in [5, 5.41) is 1.99. The lowest BCUT2D eigenvalue weighted by Crippen LogP contribution is -2.55. The Morgan fingerprint density at radius 1 is 0.795 bits per heavy atom. The van der Waals surface area contributed by atoms with Crippen LogP contribution in [0.4, 0.5) is 8.78 Å². The molecule has 1 saturated heterocycles. The number of nitrogens with one attached hydrogen (secondary N) is 1. The molecule has 2 saturated carbocycles. The molecule has 236 valence electrons. The van der Waals surface area contributed by atoms with Crippen LogP contribution in [0.15, 0.2) is 65.6 Å². The minimum atomic E-state index is -3.46. The molecule has 3 aliphatic rings. The van der Waals surface area contributed by atoms with Gasteiger partial charge in [0, 0.05) is 29.6 Å². The number of nitrogens with two attached hydrogens (primary N) is 1. The largest absolute Gasteiger partial charge is 0.490 e. The van der Waals surface area contributed by atoms with Crippen LogP contribution < -0.4 is 19.9 Å². The van der Waals surface area contributed by atoms with Crippen molar-refractivity contribution in [2.45, 2.75) is 106 Å². The summed E-state index contributed by atoms with van der Waals surface area (Å²) in [7, 11) is 0. The summed E-state index contributed by atoms with van der Waals surface area (Å²) in [6.45, 7) is 0.739. The highest BCUT2D eigenvalue weighted by molar-refractivity contribution is 7.97. The number of likely N-dealkylation sites (tertiary alicyclic amines) is 1. The van der Waals surface area contributed by atoms with E-state index < -0.39 is 17.9 Å². The second-order valence-electron chi connectivity index (χ2n) is 12.5. The highest BCUT2D eigenvalue weighted by Gasteiger charge is 2.48. The molecule has 3 N–H and O–H groups in total. The molecular weight excluding hydrogens is 580 g/mol. The Kier molecular flexibility index (Phi) is 9.93. The number of nitrogens with zero attached hydrogens (tertiary/aromatic N) is 1. The van der Waals surface area contributed by atoms with Crippen LogP contribution in [0, 0.1) is 0 Å². The van der Waals surface area contributed by atoms with Gasteiger partial charge in [-0.15, -0.1) is 0 Å². The molecule has 0 spiro atoms. The van der Waals surface area contributed by atoms with Crippen molar-refractivity contribution < 1.29 is 23.0 Å². The standard InChI is InChI=1S/C35H43F2N3O3S/c36-35(37,26-12-15-30(16-13-26)42-28-6-2-1-3-7-28)33(34(41)40-20-18-27(38)19-21-40)39-44-32-17-11-24-22-31(14-10-25(24)23-32)43-29-8-4-5-9-29/h10-17,22-23,27-29,33,39H,1-9,18-21,38H2. The van der Waals surface area contributed by atoms with Gasteiger partial charge in [0.2, 0.25) is 5.91 Å². The highest BCUT2D eigenvalue weighted by Crippen LogP contribution is 2.37. The Balaban J connectivity index is 1.18. The number of hydrogen-bond acceptors (Lipinski definition) is 6. The molecule has 0 radical (unpaired) electrons. The first-order valence-electron chi connectivity index (χ1n) is 16.2. The molecule has 6 rings (SSSR count). The minimum absolute atomic E-state index is 0.0151. The van der Waals surface area contributed by atoms with Crippen LogP contribution in [0.2, 0.25) is 0 Å². The van der Waals surface area contributed by atoms with Crippen molar-refractivity contribution in [1.82, 2.24) is 9.62 Å². The van der Waals surface area contributed by atoms with Crippen molar-refractivity contribution in [2.75, 3.05) is 13.1 Å². The van der Waals surface area contributed by atoms with Crippen LogP contribution in [-0.2, 0) is 10.7 Å². The maximum atomic E-state index is 16.3. The van der Waals surface area contributed by atoms with E-state index in [1.54, 1.807) is 12.1 Å². The number of amides is 1.